The van der Waals surface area contributed by atoms with E-state index in [9.17, 15) is 4.79 Å². The lowest BCUT2D eigenvalue weighted by molar-refractivity contribution is 0.0984. The molecule has 1 aromatic heterocycles. The predicted octanol–water partition coefficient (Wildman–Crippen LogP) is 6.09. The largest absolute Gasteiger partial charge is 0.302 e. The molecule has 2 aromatic carbocycles. The van der Waals surface area contributed by atoms with Gasteiger partial charge in [0.05, 0.1) is 10.2 Å². The Hall–Kier alpha value is -1.47. The molecule has 0 saturated heterocycles. The molecule has 0 fully saturated rings. The summed E-state index contributed by atoms with van der Waals surface area (Å²) in [4.78, 5) is 22.4. The van der Waals surface area contributed by atoms with Crippen LogP contribution in [0.1, 0.15) is 35.3 Å². The van der Waals surface area contributed by atoms with Crippen LogP contribution in [-0.2, 0) is 0 Å². The van der Waals surface area contributed by atoms with Crippen molar-refractivity contribution >= 4 is 60.9 Å². The van der Waals surface area contributed by atoms with Crippen LogP contribution in [0.3, 0.4) is 0 Å². The zero-order valence-electron chi connectivity index (χ0n) is 17.2. The number of carbonyl (C=O) groups is 1. The Morgan fingerprint density at radius 1 is 1.03 bits per heavy atom. The maximum Gasteiger partial charge on any atom is 0.260 e. The van der Waals surface area contributed by atoms with Gasteiger partial charge in [0.25, 0.3) is 5.91 Å². The maximum absolute atomic E-state index is 13.3. The molecule has 1 heterocycles. The number of hydrogen-bond donors (Lipinski definition) is 0. The van der Waals surface area contributed by atoms with Crippen molar-refractivity contribution in [1.82, 2.24) is 9.88 Å². The van der Waals surface area contributed by atoms with Crippen LogP contribution in [0, 0.1) is 13.8 Å². The van der Waals surface area contributed by atoms with Gasteiger partial charge in [-0.3, -0.25) is 9.69 Å². The molecule has 3 rings (SSSR count). The zero-order valence-corrected chi connectivity index (χ0v) is 20.5. The van der Waals surface area contributed by atoms with Gasteiger partial charge in [0.1, 0.15) is 0 Å². The second-order valence-electron chi connectivity index (χ2n) is 6.84. The van der Waals surface area contributed by atoms with E-state index in [2.05, 4.69) is 60.7 Å². The Morgan fingerprint density at radius 2 is 1.69 bits per heavy atom. The summed E-state index contributed by atoms with van der Waals surface area (Å²) in [5.74, 6) is -0.00640. The lowest BCUT2D eigenvalue weighted by atomic mass is 10.1. The molecule has 0 saturated carbocycles. The van der Waals surface area contributed by atoms with Gasteiger partial charge in [-0.05, 0) is 68.4 Å². The fraction of sp³-hybridized carbons (Fsp3) is 0.364. The van der Waals surface area contributed by atoms with Gasteiger partial charge in [0.2, 0.25) is 0 Å². The first-order chi connectivity index (χ1) is 13.4. The minimum absolute atomic E-state index is 0. The van der Waals surface area contributed by atoms with Gasteiger partial charge in [-0.2, -0.15) is 0 Å². The van der Waals surface area contributed by atoms with Gasteiger partial charge in [0, 0.05) is 23.1 Å². The van der Waals surface area contributed by atoms with Gasteiger partial charge in [0.15, 0.2) is 5.13 Å². The number of carbonyl (C=O) groups excluding carboxylic acids is 1. The highest BCUT2D eigenvalue weighted by atomic mass is 79.9. The van der Waals surface area contributed by atoms with E-state index in [1.54, 1.807) is 11.3 Å². The number of benzene rings is 2. The molecule has 29 heavy (non-hydrogen) atoms. The third kappa shape index (κ3) is 5.37. The molecule has 3 aromatic rings. The number of amides is 1. The molecule has 1 amide bonds. The Kier molecular flexibility index (Phi) is 8.64. The van der Waals surface area contributed by atoms with Crippen LogP contribution < -0.4 is 4.90 Å². The SMILES string of the molecule is CCN(CC)CCN(C(=O)c1ccc(Br)cc1)c1nc2c(C)c(C)ccc2s1.Cl. The lowest BCUT2D eigenvalue weighted by Gasteiger charge is -2.24. The third-order valence-corrected chi connectivity index (χ3v) is 6.75. The van der Waals surface area contributed by atoms with Gasteiger partial charge in [-0.1, -0.05) is 47.2 Å². The van der Waals surface area contributed by atoms with Crippen LogP contribution in [-0.4, -0.2) is 42.0 Å². The fourth-order valence-corrected chi connectivity index (χ4v) is 4.46. The normalized spacial score (nSPS) is 11.0. The Balaban J connectivity index is 0.00000300. The van der Waals surface area contributed by atoms with E-state index < -0.39 is 0 Å². The number of aryl methyl sites for hydroxylation is 2. The average Bonchev–Trinajstić information content (AvgIpc) is 3.13. The number of rotatable bonds is 7. The van der Waals surface area contributed by atoms with E-state index in [4.69, 9.17) is 4.98 Å². The number of thiazole rings is 1. The van der Waals surface area contributed by atoms with E-state index in [-0.39, 0.29) is 18.3 Å². The summed E-state index contributed by atoms with van der Waals surface area (Å²) in [6.45, 7) is 11.9. The number of aromatic nitrogens is 1. The summed E-state index contributed by atoms with van der Waals surface area (Å²) in [6.07, 6.45) is 0. The minimum Gasteiger partial charge on any atom is -0.302 e. The van der Waals surface area contributed by atoms with Crippen molar-refractivity contribution in [1.29, 1.82) is 0 Å². The molecule has 0 spiro atoms. The second kappa shape index (κ2) is 10.5. The molecular weight excluding hydrogens is 470 g/mol. The first-order valence-electron chi connectivity index (χ1n) is 9.61. The summed E-state index contributed by atoms with van der Waals surface area (Å²) in [5, 5.41) is 0.767. The molecular formula is C22H27BrClN3OS. The van der Waals surface area contributed by atoms with Gasteiger partial charge in [-0.15, -0.1) is 12.4 Å². The van der Waals surface area contributed by atoms with E-state index >= 15 is 0 Å². The molecule has 156 valence electrons. The van der Waals surface area contributed by atoms with Crippen molar-refractivity contribution in [2.45, 2.75) is 27.7 Å². The van der Waals surface area contributed by atoms with Crippen LogP contribution in [0.4, 0.5) is 5.13 Å². The minimum atomic E-state index is -0.00640. The fourth-order valence-electron chi connectivity index (χ4n) is 3.14. The predicted molar refractivity (Wildman–Crippen MR) is 130 cm³/mol. The smallest absolute Gasteiger partial charge is 0.260 e. The first kappa shape index (κ1) is 23.8. The summed E-state index contributed by atoms with van der Waals surface area (Å²) >= 11 is 5.03. The van der Waals surface area contributed by atoms with Crippen LogP contribution in [0.2, 0.25) is 0 Å². The Morgan fingerprint density at radius 3 is 2.31 bits per heavy atom. The van der Waals surface area contributed by atoms with E-state index in [1.165, 1.54) is 11.1 Å². The highest BCUT2D eigenvalue weighted by Crippen LogP contribution is 2.32. The molecule has 0 bridgehead atoms. The average molecular weight is 497 g/mol. The van der Waals surface area contributed by atoms with E-state index in [0.29, 0.717) is 12.1 Å². The molecule has 0 radical (unpaired) electrons. The molecule has 0 aliphatic rings. The molecule has 0 aliphatic carbocycles. The van der Waals surface area contributed by atoms with Crippen molar-refractivity contribution in [2.24, 2.45) is 0 Å². The van der Waals surface area contributed by atoms with Crippen molar-refractivity contribution in [2.75, 3.05) is 31.1 Å². The molecule has 0 aliphatic heterocycles. The highest BCUT2D eigenvalue weighted by molar-refractivity contribution is 9.10. The number of anilines is 1. The lowest BCUT2D eigenvalue weighted by Crippen LogP contribution is -2.38. The molecule has 4 nitrogen and oxygen atoms in total. The maximum atomic E-state index is 13.3. The van der Waals surface area contributed by atoms with Crippen molar-refractivity contribution in [3.8, 4) is 0 Å². The van der Waals surface area contributed by atoms with Crippen LogP contribution in [0.15, 0.2) is 40.9 Å². The molecule has 7 heteroatoms. The van der Waals surface area contributed by atoms with Crippen LogP contribution in [0.25, 0.3) is 10.2 Å². The summed E-state index contributed by atoms with van der Waals surface area (Å²) in [6, 6.07) is 11.8. The van der Waals surface area contributed by atoms with Crippen molar-refractivity contribution in [3.05, 3.63) is 57.6 Å². The van der Waals surface area contributed by atoms with E-state index in [0.717, 1.165) is 39.5 Å². The molecule has 0 unspecified atom stereocenters. The number of likely N-dealkylation sites (N-methyl/N-ethyl adjacent to an activating group) is 1. The monoisotopic (exact) mass is 495 g/mol. The zero-order chi connectivity index (χ0) is 20.3. The van der Waals surface area contributed by atoms with Gasteiger partial charge < -0.3 is 4.90 Å². The Bertz CT molecular complexity index is 970. The first-order valence-corrected chi connectivity index (χ1v) is 11.2. The van der Waals surface area contributed by atoms with Crippen LogP contribution >= 0.6 is 39.7 Å². The van der Waals surface area contributed by atoms with Crippen molar-refractivity contribution in [3.63, 3.8) is 0 Å². The molecule has 0 N–H and O–H groups in total. The second-order valence-corrected chi connectivity index (χ2v) is 8.77. The number of halogens is 2. The summed E-state index contributed by atoms with van der Waals surface area (Å²) < 4.78 is 2.08. The number of hydrogen-bond acceptors (Lipinski definition) is 4. The van der Waals surface area contributed by atoms with E-state index in [1.807, 2.05) is 29.2 Å². The Labute approximate surface area is 191 Å². The molecule has 0 atom stereocenters. The standard InChI is InChI=1S/C22H26BrN3OS.ClH/c1-5-25(6-2)13-14-26(21(27)17-8-10-18(23)11-9-17)22-24-20-16(4)15(3)7-12-19(20)28-22;/h7-12H,5-6,13-14H2,1-4H3;1H. The highest BCUT2D eigenvalue weighted by Gasteiger charge is 2.22. The van der Waals surface area contributed by atoms with Gasteiger partial charge >= 0.3 is 0 Å². The number of nitrogens with zero attached hydrogens (tertiary/aromatic N) is 3. The van der Waals surface area contributed by atoms with Crippen molar-refractivity contribution < 1.29 is 4.79 Å². The number of fused-ring (bicyclic) bond motifs is 1. The van der Waals surface area contributed by atoms with Gasteiger partial charge in [-0.25, -0.2) is 4.98 Å². The van der Waals surface area contributed by atoms with Crippen LogP contribution in [0.5, 0.6) is 0 Å². The topological polar surface area (TPSA) is 36.4 Å². The summed E-state index contributed by atoms with van der Waals surface area (Å²) in [5.41, 5.74) is 4.07. The summed E-state index contributed by atoms with van der Waals surface area (Å²) in [7, 11) is 0. The quantitative estimate of drug-likeness (QED) is 0.397. The third-order valence-electron chi connectivity index (χ3n) is 5.17.